The van der Waals surface area contributed by atoms with Gasteiger partial charge in [-0.15, -0.1) is 0 Å². The van der Waals surface area contributed by atoms with Gasteiger partial charge in [0.15, 0.2) is 0 Å². The molecular formula is C12H19NO4S. The average Bonchev–Trinajstić information content (AvgIpc) is 2.34. The maximum Gasteiger partial charge on any atom is 0.240 e. The Kier molecular flexibility index (Phi) is 6.28. The number of aliphatic hydroxyl groups excluding tert-OH is 1. The number of aryl methyl sites for hydroxylation is 1. The number of rotatable bonds is 8. The summed E-state index contributed by atoms with van der Waals surface area (Å²) in [6.45, 7) is 2.92. The van der Waals surface area contributed by atoms with Gasteiger partial charge in [-0.2, -0.15) is 0 Å². The number of hydrogen-bond donors (Lipinski definition) is 2. The molecular weight excluding hydrogens is 254 g/mol. The Bertz CT molecular complexity index is 442. The molecule has 1 aromatic carbocycles. The van der Waals surface area contributed by atoms with Crippen molar-refractivity contribution in [3.05, 3.63) is 29.8 Å². The number of benzene rings is 1. The van der Waals surface area contributed by atoms with Gasteiger partial charge in [0, 0.05) is 13.2 Å². The molecule has 0 saturated heterocycles. The standard InChI is InChI=1S/C12H19NO4S/c1-11-3-5-12(6-4-11)18(15,16)13-7-2-9-17-10-8-14/h3-6,13-14H,2,7-10H2,1H3. The van der Waals surface area contributed by atoms with Crippen molar-refractivity contribution in [2.45, 2.75) is 18.2 Å². The summed E-state index contributed by atoms with van der Waals surface area (Å²) in [6, 6.07) is 6.69. The second-order valence-corrected chi connectivity index (χ2v) is 5.67. The van der Waals surface area contributed by atoms with Crippen molar-refractivity contribution in [1.29, 1.82) is 0 Å². The Morgan fingerprint density at radius 3 is 2.50 bits per heavy atom. The third-order valence-corrected chi connectivity index (χ3v) is 3.80. The monoisotopic (exact) mass is 273 g/mol. The first-order valence-electron chi connectivity index (χ1n) is 5.81. The average molecular weight is 273 g/mol. The molecule has 5 nitrogen and oxygen atoms in total. The highest BCUT2D eigenvalue weighted by Gasteiger charge is 2.12. The Morgan fingerprint density at radius 1 is 1.22 bits per heavy atom. The summed E-state index contributed by atoms with van der Waals surface area (Å²) >= 11 is 0. The van der Waals surface area contributed by atoms with Crippen LogP contribution in [0.1, 0.15) is 12.0 Å². The predicted molar refractivity (Wildman–Crippen MR) is 68.9 cm³/mol. The summed E-state index contributed by atoms with van der Waals surface area (Å²) < 4.78 is 31.2. The van der Waals surface area contributed by atoms with Gasteiger partial charge in [0.25, 0.3) is 0 Å². The van der Waals surface area contributed by atoms with Crippen molar-refractivity contribution in [1.82, 2.24) is 4.72 Å². The third-order valence-electron chi connectivity index (χ3n) is 2.32. The van der Waals surface area contributed by atoms with Crippen LogP contribution >= 0.6 is 0 Å². The zero-order valence-electron chi connectivity index (χ0n) is 10.4. The van der Waals surface area contributed by atoms with Gasteiger partial charge in [0.2, 0.25) is 10.0 Å². The van der Waals surface area contributed by atoms with Crippen LogP contribution in [0.3, 0.4) is 0 Å². The number of aliphatic hydroxyl groups is 1. The maximum absolute atomic E-state index is 11.8. The molecule has 0 spiro atoms. The molecule has 1 aromatic rings. The van der Waals surface area contributed by atoms with E-state index in [0.717, 1.165) is 5.56 Å². The zero-order valence-corrected chi connectivity index (χ0v) is 11.2. The largest absolute Gasteiger partial charge is 0.394 e. The van der Waals surface area contributed by atoms with Crippen molar-refractivity contribution in [3.8, 4) is 0 Å². The molecule has 0 fully saturated rings. The minimum Gasteiger partial charge on any atom is -0.394 e. The smallest absolute Gasteiger partial charge is 0.240 e. The molecule has 18 heavy (non-hydrogen) atoms. The van der Waals surface area contributed by atoms with Crippen LogP contribution in [-0.2, 0) is 14.8 Å². The minimum absolute atomic E-state index is 0.0188. The third kappa shape index (κ3) is 5.14. The number of ether oxygens (including phenoxy) is 1. The van der Waals surface area contributed by atoms with E-state index in [-0.39, 0.29) is 18.1 Å². The number of hydrogen-bond acceptors (Lipinski definition) is 4. The van der Waals surface area contributed by atoms with Crippen molar-refractivity contribution < 1.29 is 18.3 Å². The molecule has 2 N–H and O–H groups in total. The molecule has 0 aromatic heterocycles. The lowest BCUT2D eigenvalue weighted by Crippen LogP contribution is -2.25. The molecule has 6 heteroatoms. The van der Waals surface area contributed by atoms with Gasteiger partial charge in [-0.3, -0.25) is 0 Å². The van der Waals surface area contributed by atoms with Crippen LogP contribution in [0.15, 0.2) is 29.2 Å². The Morgan fingerprint density at radius 2 is 1.89 bits per heavy atom. The first kappa shape index (κ1) is 15.1. The molecule has 0 unspecified atom stereocenters. The van der Waals surface area contributed by atoms with E-state index in [1.807, 2.05) is 6.92 Å². The summed E-state index contributed by atoms with van der Waals surface area (Å²) in [6.07, 6.45) is 0.574. The van der Waals surface area contributed by atoms with Crippen molar-refractivity contribution >= 4 is 10.0 Å². The second-order valence-electron chi connectivity index (χ2n) is 3.90. The van der Waals surface area contributed by atoms with Gasteiger partial charge < -0.3 is 9.84 Å². The van der Waals surface area contributed by atoms with E-state index in [9.17, 15) is 8.42 Å². The normalized spacial score (nSPS) is 11.7. The van der Waals surface area contributed by atoms with Crippen molar-refractivity contribution in [2.24, 2.45) is 0 Å². The van der Waals surface area contributed by atoms with Crippen LogP contribution < -0.4 is 4.72 Å². The Labute approximate surface area is 108 Å². The lowest BCUT2D eigenvalue weighted by Gasteiger charge is -2.07. The molecule has 102 valence electrons. The molecule has 0 aliphatic carbocycles. The maximum atomic E-state index is 11.8. The summed E-state index contributed by atoms with van der Waals surface area (Å²) in [5.41, 5.74) is 1.02. The van der Waals surface area contributed by atoms with Gasteiger partial charge in [-0.05, 0) is 25.5 Å². The fourth-order valence-electron chi connectivity index (χ4n) is 1.35. The molecule has 0 heterocycles. The van der Waals surface area contributed by atoms with Gasteiger partial charge in [-0.1, -0.05) is 17.7 Å². The highest BCUT2D eigenvalue weighted by molar-refractivity contribution is 7.89. The Hall–Kier alpha value is -0.950. The topological polar surface area (TPSA) is 75.6 Å². The van der Waals surface area contributed by atoms with E-state index in [4.69, 9.17) is 9.84 Å². The molecule has 0 amide bonds. The predicted octanol–water partition coefficient (Wildman–Crippen LogP) is 0.672. The quantitative estimate of drug-likeness (QED) is 0.683. The van der Waals surface area contributed by atoms with Crippen LogP contribution in [0.2, 0.25) is 0 Å². The molecule has 0 atom stereocenters. The van der Waals surface area contributed by atoms with Crippen LogP contribution in [0.4, 0.5) is 0 Å². The van der Waals surface area contributed by atoms with Crippen LogP contribution in [0.5, 0.6) is 0 Å². The molecule has 0 aliphatic heterocycles. The SMILES string of the molecule is Cc1ccc(S(=O)(=O)NCCCOCCO)cc1. The number of nitrogens with one attached hydrogen (secondary N) is 1. The van der Waals surface area contributed by atoms with Crippen LogP contribution in [0, 0.1) is 6.92 Å². The fourth-order valence-corrected chi connectivity index (χ4v) is 2.42. The van der Waals surface area contributed by atoms with E-state index in [1.54, 1.807) is 24.3 Å². The first-order chi connectivity index (χ1) is 8.56. The summed E-state index contributed by atoms with van der Waals surface area (Å²) in [5.74, 6) is 0. The summed E-state index contributed by atoms with van der Waals surface area (Å²) in [5, 5.41) is 8.49. The zero-order chi connectivity index (χ0) is 13.4. The highest BCUT2D eigenvalue weighted by Crippen LogP contribution is 2.09. The lowest BCUT2D eigenvalue weighted by atomic mass is 10.2. The van der Waals surface area contributed by atoms with Crippen LogP contribution in [-0.4, -0.2) is 39.9 Å². The van der Waals surface area contributed by atoms with Gasteiger partial charge in [0.1, 0.15) is 0 Å². The highest BCUT2D eigenvalue weighted by atomic mass is 32.2. The Balaban J connectivity index is 2.38. The van der Waals surface area contributed by atoms with Gasteiger partial charge in [0.05, 0.1) is 18.1 Å². The molecule has 0 radical (unpaired) electrons. The van der Waals surface area contributed by atoms with Crippen molar-refractivity contribution in [2.75, 3.05) is 26.4 Å². The van der Waals surface area contributed by atoms with E-state index >= 15 is 0 Å². The van der Waals surface area contributed by atoms with E-state index in [2.05, 4.69) is 4.72 Å². The van der Waals surface area contributed by atoms with Crippen LogP contribution in [0.25, 0.3) is 0 Å². The molecule has 0 aliphatic rings. The molecule has 1 rings (SSSR count). The summed E-state index contributed by atoms with van der Waals surface area (Å²) in [7, 11) is -3.42. The van der Waals surface area contributed by atoms with Crippen molar-refractivity contribution in [3.63, 3.8) is 0 Å². The second kappa shape index (κ2) is 7.48. The fraction of sp³-hybridized carbons (Fsp3) is 0.500. The number of sulfonamides is 1. The molecule has 0 bridgehead atoms. The van der Waals surface area contributed by atoms with Gasteiger partial charge in [-0.25, -0.2) is 13.1 Å². The summed E-state index contributed by atoms with van der Waals surface area (Å²) in [4.78, 5) is 0.268. The molecule has 0 saturated carbocycles. The minimum atomic E-state index is -3.42. The van der Waals surface area contributed by atoms with E-state index < -0.39 is 10.0 Å². The van der Waals surface area contributed by atoms with E-state index in [1.165, 1.54) is 0 Å². The lowest BCUT2D eigenvalue weighted by molar-refractivity contribution is 0.0913. The van der Waals surface area contributed by atoms with Gasteiger partial charge >= 0.3 is 0 Å². The first-order valence-corrected chi connectivity index (χ1v) is 7.29. The van der Waals surface area contributed by atoms with E-state index in [0.29, 0.717) is 19.6 Å².